The number of aliphatic hydroxyl groups is 1. The summed E-state index contributed by atoms with van der Waals surface area (Å²) in [5.74, 6) is 0.225. The highest BCUT2D eigenvalue weighted by atomic mass is 31.2. The Labute approximate surface area is 594 Å². The molecule has 0 amide bonds. The fourth-order valence-electron chi connectivity index (χ4n) is 11.9. The first-order chi connectivity index (χ1) is 46.8. The van der Waals surface area contributed by atoms with Gasteiger partial charge in [-0.1, -0.05) is 350 Å². The SMILES string of the molecule is CCCCCCCCCCCCCCCCCCC(=O)OC[C@H](COP(=O)(O)OC[C@@H](O)COP(=O)(O)OC[C@@H](COC(=O)CCCCCCCCCCC(C)C)OC(=O)CCCCCCCCCCC(C)CC)OC(=O)CCCCCCCCCCCCCCCCC(C)CC. The Hall–Kier alpha value is -1.94. The van der Waals surface area contributed by atoms with Crippen LogP contribution in [0.25, 0.3) is 0 Å². The minimum atomic E-state index is -4.96. The second-order valence-corrected chi connectivity index (χ2v) is 32.0. The highest BCUT2D eigenvalue weighted by Crippen LogP contribution is 2.45. The molecule has 0 aromatic heterocycles. The molecule has 0 aromatic rings. The van der Waals surface area contributed by atoms with Gasteiger partial charge in [-0.2, -0.15) is 0 Å². The van der Waals surface area contributed by atoms with Crippen LogP contribution in [-0.2, 0) is 65.4 Å². The van der Waals surface area contributed by atoms with Crippen molar-refractivity contribution in [2.24, 2.45) is 17.8 Å². The Morgan fingerprint density at radius 2 is 0.526 bits per heavy atom. The van der Waals surface area contributed by atoms with Crippen LogP contribution in [0.5, 0.6) is 0 Å². The number of esters is 4. The van der Waals surface area contributed by atoms with Gasteiger partial charge in [-0.25, -0.2) is 9.13 Å². The lowest BCUT2D eigenvalue weighted by molar-refractivity contribution is -0.161. The number of rotatable bonds is 76. The number of unbranched alkanes of at least 4 members (excludes halogenated alkanes) is 42. The number of aliphatic hydroxyl groups excluding tert-OH is 1. The Balaban J connectivity index is 5.26. The zero-order valence-electron chi connectivity index (χ0n) is 63.5. The Kier molecular flexibility index (Phi) is 67.1. The van der Waals surface area contributed by atoms with Gasteiger partial charge in [0.1, 0.15) is 19.3 Å². The third-order valence-electron chi connectivity index (χ3n) is 18.9. The molecule has 0 spiro atoms. The van der Waals surface area contributed by atoms with Gasteiger partial charge in [-0.05, 0) is 43.4 Å². The van der Waals surface area contributed by atoms with E-state index in [2.05, 4.69) is 48.5 Å². The van der Waals surface area contributed by atoms with Gasteiger partial charge in [0.15, 0.2) is 12.2 Å². The van der Waals surface area contributed by atoms with E-state index in [4.69, 9.17) is 37.0 Å². The molecule has 0 bridgehead atoms. The van der Waals surface area contributed by atoms with Gasteiger partial charge in [-0.3, -0.25) is 37.3 Å². The molecule has 0 saturated heterocycles. The molecule has 3 N–H and O–H groups in total. The van der Waals surface area contributed by atoms with E-state index < -0.39 is 97.5 Å². The van der Waals surface area contributed by atoms with E-state index in [0.717, 1.165) is 108 Å². The smallest absolute Gasteiger partial charge is 0.462 e. The van der Waals surface area contributed by atoms with Crippen LogP contribution in [0.4, 0.5) is 0 Å². The summed E-state index contributed by atoms with van der Waals surface area (Å²) in [5.41, 5.74) is 0. The molecule has 7 atom stereocenters. The van der Waals surface area contributed by atoms with Crippen molar-refractivity contribution in [3.63, 3.8) is 0 Å². The van der Waals surface area contributed by atoms with Crippen LogP contribution in [0.2, 0.25) is 0 Å². The van der Waals surface area contributed by atoms with Crippen LogP contribution in [0.3, 0.4) is 0 Å². The molecule has 0 fully saturated rings. The average Bonchev–Trinajstić information content (AvgIpc) is 1.11. The zero-order valence-corrected chi connectivity index (χ0v) is 65.3. The van der Waals surface area contributed by atoms with Crippen LogP contribution >= 0.6 is 15.6 Å². The monoisotopic (exact) mass is 1420 g/mol. The molecular weight excluding hydrogens is 1270 g/mol. The Bertz CT molecular complexity index is 1890. The van der Waals surface area contributed by atoms with Crippen molar-refractivity contribution in [3.8, 4) is 0 Å². The van der Waals surface area contributed by atoms with Crippen molar-refractivity contribution in [2.75, 3.05) is 39.6 Å². The molecule has 0 heterocycles. The molecule has 576 valence electrons. The Morgan fingerprint density at radius 1 is 0.299 bits per heavy atom. The highest BCUT2D eigenvalue weighted by Gasteiger charge is 2.30. The standard InChI is InChI=1S/C78H152O17P2/c1-8-11-12-13-14-15-16-17-18-19-23-26-29-38-45-52-59-75(80)88-65-73(94-77(82)61-54-47-40-30-27-24-21-20-22-25-28-36-43-50-57-70(6)9-2)67-92-96(84,85)90-63-72(79)64-91-97(86,87)93-68-74(66-89-76(81)60-53-46-39-33-31-35-42-49-56-69(4)5)95-78(83)62-55-48-41-34-32-37-44-51-58-71(7)10-3/h69-74,79H,8-68H2,1-7H3,(H,84,85)(H,86,87)/t70?,71?,72-,73-,74-/m1/s1. The molecule has 0 saturated carbocycles. The molecule has 19 heteroatoms. The molecule has 0 radical (unpaired) electrons. The lowest BCUT2D eigenvalue weighted by atomic mass is 9.99. The zero-order chi connectivity index (χ0) is 71.6. The molecule has 17 nitrogen and oxygen atoms in total. The van der Waals surface area contributed by atoms with Crippen LogP contribution < -0.4 is 0 Å². The molecule has 0 aliphatic rings. The van der Waals surface area contributed by atoms with Crippen LogP contribution in [-0.4, -0.2) is 96.7 Å². The van der Waals surface area contributed by atoms with Crippen molar-refractivity contribution in [1.29, 1.82) is 0 Å². The largest absolute Gasteiger partial charge is 0.472 e. The maximum atomic E-state index is 13.1. The number of ether oxygens (including phenoxy) is 4. The van der Waals surface area contributed by atoms with E-state index in [9.17, 15) is 43.2 Å². The normalized spacial score (nSPS) is 14.6. The molecular formula is C78H152O17P2. The van der Waals surface area contributed by atoms with Gasteiger partial charge in [0.25, 0.3) is 0 Å². The van der Waals surface area contributed by atoms with E-state index in [-0.39, 0.29) is 25.7 Å². The summed E-state index contributed by atoms with van der Waals surface area (Å²) in [6.45, 7) is 11.9. The second kappa shape index (κ2) is 68.5. The van der Waals surface area contributed by atoms with Crippen molar-refractivity contribution >= 4 is 39.5 Å². The molecule has 0 aliphatic heterocycles. The lowest BCUT2D eigenvalue weighted by Crippen LogP contribution is -2.30. The molecule has 4 unspecified atom stereocenters. The maximum absolute atomic E-state index is 13.1. The molecule has 0 rings (SSSR count). The van der Waals surface area contributed by atoms with E-state index in [1.165, 1.54) is 212 Å². The quantitative estimate of drug-likeness (QED) is 0.0222. The van der Waals surface area contributed by atoms with Crippen molar-refractivity contribution in [3.05, 3.63) is 0 Å². The lowest BCUT2D eigenvalue weighted by Gasteiger charge is -2.21. The fraction of sp³-hybridized carbons (Fsp3) is 0.949. The van der Waals surface area contributed by atoms with E-state index in [1.807, 2.05) is 0 Å². The van der Waals surface area contributed by atoms with Gasteiger partial charge < -0.3 is 33.8 Å². The van der Waals surface area contributed by atoms with Crippen LogP contribution in [0.1, 0.15) is 402 Å². The van der Waals surface area contributed by atoms with E-state index >= 15 is 0 Å². The second-order valence-electron chi connectivity index (χ2n) is 29.1. The summed E-state index contributed by atoms with van der Waals surface area (Å²) in [5, 5.41) is 10.6. The predicted molar refractivity (Wildman–Crippen MR) is 395 cm³/mol. The minimum absolute atomic E-state index is 0.104. The summed E-state index contributed by atoms with van der Waals surface area (Å²) < 4.78 is 68.6. The number of hydrogen-bond donors (Lipinski definition) is 3. The van der Waals surface area contributed by atoms with E-state index in [1.54, 1.807) is 0 Å². The number of carbonyl (C=O) groups is 4. The topological polar surface area (TPSA) is 237 Å². The van der Waals surface area contributed by atoms with Crippen molar-refractivity contribution in [1.82, 2.24) is 0 Å². The average molecular weight is 1420 g/mol. The van der Waals surface area contributed by atoms with Gasteiger partial charge >= 0.3 is 39.5 Å². The van der Waals surface area contributed by atoms with Gasteiger partial charge in [0.2, 0.25) is 0 Å². The molecule has 0 aliphatic carbocycles. The van der Waals surface area contributed by atoms with Gasteiger partial charge in [0.05, 0.1) is 26.4 Å². The molecule has 0 aromatic carbocycles. The van der Waals surface area contributed by atoms with Crippen LogP contribution in [0, 0.1) is 17.8 Å². The fourth-order valence-corrected chi connectivity index (χ4v) is 13.5. The summed E-state index contributed by atoms with van der Waals surface area (Å²) in [6, 6.07) is 0. The minimum Gasteiger partial charge on any atom is -0.462 e. The number of phosphoric ester groups is 2. The first-order valence-electron chi connectivity index (χ1n) is 40.4. The number of phosphoric acid groups is 2. The summed E-state index contributed by atoms with van der Waals surface area (Å²) in [4.78, 5) is 72.9. The molecule has 97 heavy (non-hydrogen) atoms. The summed E-state index contributed by atoms with van der Waals surface area (Å²) in [7, 11) is -9.92. The predicted octanol–water partition coefficient (Wildman–Crippen LogP) is 23.0. The Morgan fingerprint density at radius 3 is 0.784 bits per heavy atom. The van der Waals surface area contributed by atoms with Crippen molar-refractivity contribution < 1.29 is 80.2 Å². The van der Waals surface area contributed by atoms with Crippen molar-refractivity contribution in [2.45, 2.75) is 420 Å². The first-order valence-corrected chi connectivity index (χ1v) is 43.4. The van der Waals surface area contributed by atoms with Crippen LogP contribution in [0.15, 0.2) is 0 Å². The number of carbonyl (C=O) groups excluding carboxylic acids is 4. The summed E-state index contributed by atoms with van der Waals surface area (Å²) >= 11 is 0. The highest BCUT2D eigenvalue weighted by molar-refractivity contribution is 7.47. The number of hydrogen-bond acceptors (Lipinski definition) is 15. The third-order valence-corrected chi connectivity index (χ3v) is 20.8. The maximum Gasteiger partial charge on any atom is 0.472 e. The van der Waals surface area contributed by atoms with Gasteiger partial charge in [0, 0.05) is 25.7 Å². The third kappa shape index (κ3) is 69.5. The van der Waals surface area contributed by atoms with Gasteiger partial charge in [-0.15, -0.1) is 0 Å². The first kappa shape index (κ1) is 95.1. The van der Waals surface area contributed by atoms with E-state index in [0.29, 0.717) is 25.7 Å². The summed E-state index contributed by atoms with van der Waals surface area (Å²) in [6.07, 6.45) is 55.4.